The summed E-state index contributed by atoms with van der Waals surface area (Å²) in [6.07, 6.45) is 3.65. The number of nitrogens with zero attached hydrogens (tertiary/aromatic N) is 3. The van der Waals surface area contributed by atoms with Gasteiger partial charge in [-0.3, -0.25) is 4.99 Å². The summed E-state index contributed by atoms with van der Waals surface area (Å²) in [5, 5.41) is 0. The fourth-order valence-corrected chi connectivity index (χ4v) is 2.79. The maximum absolute atomic E-state index is 14.6. The molecular formula is C21H17F5N4O2. The van der Waals surface area contributed by atoms with E-state index in [0.29, 0.717) is 0 Å². The van der Waals surface area contributed by atoms with Crippen LogP contribution < -0.4 is 10.5 Å². The molecule has 0 saturated heterocycles. The number of nitrogens with two attached hydrogens (primary N) is 1. The third-order valence-electron chi connectivity index (χ3n) is 4.70. The predicted octanol–water partition coefficient (Wildman–Crippen LogP) is 3.84. The van der Waals surface area contributed by atoms with E-state index in [0.717, 1.165) is 25.3 Å². The molecule has 1 aliphatic heterocycles. The monoisotopic (exact) mass is 452 g/mol. The lowest BCUT2D eigenvalue weighted by molar-refractivity contribution is -0.246. The van der Waals surface area contributed by atoms with Crippen molar-refractivity contribution in [1.29, 1.82) is 0 Å². The van der Waals surface area contributed by atoms with Crippen LogP contribution in [0.5, 0.6) is 5.88 Å². The molecule has 0 amide bonds. The molecule has 2 aromatic rings. The quantitative estimate of drug-likeness (QED) is 0.551. The summed E-state index contributed by atoms with van der Waals surface area (Å²) < 4.78 is 78.5. The Kier molecular flexibility index (Phi) is 6.45. The van der Waals surface area contributed by atoms with E-state index in [2.05, 4.69) is 20.9 Å². The van der Waals surface area contributed by atoms with Crippen molar-refractivity contribution in [2.24, 2.45) is 10.7 Å². The highest BCUT2D eigenvalue weighted by atomic mass is 19.4. The van der Waals surface area contributed by atoms with Gasteiger partial charge in [0.1, 0.15) is 23.4 Å². The molecule has 0 saturated carbocycles. The first-order valence-electron chi connectivity index (χ1n) is 9.15. The Bertz CT molecular complexity index is 1090. The minimum atomic E-state index is -4.79. The van der Waals surface area contributed by atoms with Crippen molar-refractivity contribution in [1.82, 2.24) is 9.97 Å². The molecule has 0 spiro atoms. The molecule has 2 unspecified atom stereocenters. The highest BCUT2D eigenvalue weighted by molar-refractivity contribution is 5.90. The molecule has 6 nitrogen and oxygen atoms in total. The molecule has 1 aromatic carbocycles. The number of alkyl halides is 3. The van der Waals surface area contributed by atoms with Gasteiger partial charge in [-0.2, -0.15) is 13.2 Å². The van der Waals surface area contributed by atoms with Crippen LogP contribution in [0.3, 0.4) is 0 Å². The smallest absolute Gasteiger partial charge is 0.424 e. The van der Waals surface area contributed by atoms with E-state index in [1.54, 1.807) is 0 Å². The summed E-state index contributed by atoms with van der Waals surface area (Å²) in [7, 11) is 0. The SMILES string of the molecule is C#CCOc1cnc(/C(F)=C/c2ccc(F)c(C3COC(C)(C(F)(F)F)C(N)=N3)c2)cn1. The average molecular weight is 452 g/mol. The minimum absolute atomic E-state index is 0.0231. The fraction of sp³-hybridized carbons (Fsp3) is 0.286. The molecule has 3 rings (SSSR count). The molecule has 0 radical (unpaired) electrons. The number of terminal acetylenes is 1. The first-order chi connectivity index (χ1) is 15.0. The average Bonchev–Trinajstić information content (AvgIpc) is 2.75. The molecule has 2 heterocycles. The number of hydrogen-bond acceptors (Lipinski definition) is 6. The zero-order valence-electron chi connectivity index (χ0n) is 16.7. The summed E-state index contributed by atoms with van der Waals surface area (Å²) in [6, 6.07) is 2.44. The number of benzene rings is 1. The summed E-state index contributed by atoms with van der Waals surface area (Å²) in [6.45, 7) is 0.162. The van der Waals surface area contributed by atoms with E-state index in [1.807, 2.05) is 0 Å². The summed E-state index contributed by atoms with van der Waals surface area (Å²) in [5.41, 5.74) is 2.73. The number of halogens is 5. The van der Waals surface area contributed by atoms with E-state index in [4.69, 9.17) is 21.6 Å². The van der Waals surface area contributed by atoms with Crippen LogP contribution in [-0.2, 0) is 4.74 Å². The van der Waals surface area contributed by atoms with Gasteiger partial charge in [0.05, 0.1) is 19.0 Å². The van der Waals surface area contributed by atoms with Gasteiger partial charge in [0, 0.05) is 5.56 Å². The van der Waals surface area contributed by atoms with Gasteiger partial charge in [-0.1, -0.05) is 12.0 Å². The fourth-order valence-electron chi connectivity index (χ4n) is 2.79. The first kappa shape index (κ1) is 23.1. The van der Waals surface area contributed by atoms with Crippen LogP contribution in [0.2, 0.25) is 0 Å². The normalized spacial score (nSPS) is 21.6. The zero-order valence-corrected chi connectivity index (χ0v) is 16.7. The molecular weight excluding hydrogens is 435 g/mol. The molecule has 1 aromatic heterocycles. The lowest BCUT2D eigenvalue weighted by Gasteiger charge is -2.36. The van der Waals surface area contributed by atoms with Gasteiger partial charge in [0.15, 0.2) is 12.4 Å². The topological polar surface area (TPSA) is 82.6 Å². The van der Waals surface area contributed by atoms with Crippen LogP contribution in [-0.4, -0.2) is 40.8 Å². The van der Waals surface area contributed by atoms with Crippen molar-refractivity contribution in [3.63, 3.8) is 0 Å². The predicted molar refractivity (Wildman–Crippen MR) is 107 cm³/mol. The molecule has 2 atom stereocenters. The number of hydrogen-bond donors (Lipinski definition) is 1. The van der Waals surface area contributed by atoms with Crippen molar-refractivity contribution < 1.29 is 31.4 Å². The van der Waals surface area contributed by atoms with Gasteiger partial charge in [0.25, 0.3) is 0 Å². The highest BCUT2D eigenvalue weighted by Gasteiger charge is 2.57. The summed E-state index contributed by atoms with van der Waals surface area (Å²) in [5.74, 6) is 0.00135. The van der Waals surface area contributed by atoms with Crippen molar-refractivity contribution in [3.8, 4) is 18.2 Å². The van der Waals surface area contributed by atoms with Crippen LogP contribution in [0, 0.1) is 18.2 Å². The standard InChI is InChI=1S/C21H17F5N4O2/c1-3-6-31-18-10-28-16(9-29-18)15(23)8-12-4-5-14(22)13(7-12)17-11-32-20(2,19(27)30-17)21(24,25)26/h1,4-5,7-10,17H,6,11H2,2H3,(H2,27,30)/b15-8-. The van der Waals surface area contributed by atoms with Gasteiger partial charge < -0.3 is 15.2 Å². The van der Waals surface area contributed by atoms with E-state index in [-0.39, 0.29) is 29.3 Å². The first-order valence-corrected chi connectivity index (χ1v) is 9.15. The Morgan fingerprint density at radius 3 is 2.72 bits per heavy atom. The van der Waals surface area contributed by atoms with Crippen LogP contribution in [0.4, 0.5) is 22.0 Å². The highest BCUT2D eigenvalue weighted by Crippen LogP contribution is 2.39. The molecule has 32 heavy (non-hydrogen) atoms. The van der Waals surface area contributed by atoms with Gasteiger partial charge in [-0.25, -0.2) is 18.7 Å². The second-order valence-corrected chi connectivity index (χ2v) is 6.88. The van der Waals surface area contributed by atoms with Crippen LogP contribution in [0.15, 0.2) is 35.6 Å². The van der Waals surface area contributed by atoms with Gasteiger partial charge in [-0.05, 0) is 30.7 Å². The second-order valence-electron chi connectivity index (χ2n) is 6.88. The number of ether oxygens (including phenoxy) is 2. The maximum Gasteiger partial charge on any atom is 0.424 e. The number of aliphatic imine (C=N–C) groups is 1. The Balaban J connectivity index is 1.86. The van der Waals surface area contributed by atoms with Gasteiger partial charge >= 0.3 is 6.18 Å². The largest absolute Gasteiger partial charge is 0.463 e. The number of rotatable bonds is 5. The maximum atomic E-state index is 14.6. The van der Waals surface area contributed by atoms with Gasteiger partial charge in [-0.15, -0.1) is 6.42 Å². The van der Waals surface area contributed by atoms with Crippen LogP contribution >= 0.6 is 0 Å². The van der Waals surface area contributed by atoms with Crippen molar-refractivity contribution >= 4 is 17.7 Å². The molecule has 11 heteroatoms. The van der Waals surface area contributed by atoms with Crippen molar-refractivity contribution in [2.45, 2.75) is 24.7 Å². The Labute approximate surface area is 180 Å². The van der Waals surface area contributed by atoms with E-state index in [9.17, 15) is 22.0 Å². The number of amidine groups is 1. The Morgan fingerprint density at radius 1 is 1.38 bits per heavy atom. The van der Waals surface area contributed by atoms with E-state index < -0.39 is 41.9 Å². The molecule has 1 aliphatic rings. The lowest BCUT2D eigenvalue weighted by Crippen LogP contribution is -2.57. The summed E-state index contributed by atoms with van der Waals surface area (Å²) in [4.78, 5) is 11.5. The molecule has 2 N–H and O–H groups in total. The van der Waals surface area contributed by atoms with Crippen molar-refractivity contribution in [3.05, 3.63) is 53.2 Å². The Morgan fingerprint density at radius 2 is 2.12 bits per heavy atom. The molecule has 0 fully saturated rings. The zero-order chi connectivity index (χ0) is 23.5. The molecule has 0 aliphatic carbocycles. The van der Waals surface area contributed by atoms with Crippen LogP contribution in [0.1, 0.15) is 29.8 Å². The van der Waals surface area contributed by atoms with Gasteiger partial charge in [0.2, 0.25) is 11.5 Å². The third-order valence-corrected chi connectivity index (χ3v) is 4.70. The van der Waals surface area contributed by atoms with Crippen LogP contribution in [0.25, 0.3) is 11.9 Å². The van der Waals surface area contributed by atoms with Crippen molar-refractivity contribution in [2.75, 3.05) is 13.2 Å². The van der Waals surface area contributed by atoms with E-state index >= 15 is 0 Å². The second kappa shape index (κ2) is 8.92. The molecule has 168 valence electrons. The minimum Gasteiger partial charge on any atom is -0.463 e. The lowest BCUT2D eigenvalue weighted by atomic mass is 9.98. The molecule has 0 bridgehead atoms. The Hall–Kier alpha value is -3.52. The number of aromatic nitrogens is 2. The third kappa shape index (κ3) is 4.70. The van der Waals surface area contributed by atoms with E-state index in [1.165, 1.54) is 18.3 Å². The summed E-state index contributed by atoms with van der Waals surface area (Å²) >= 11 is 0.